The SMILES string of the molecule is CC(O)(CNC(=O)CCc1ccncc1)c1ccccc1. The van der Waals surface area contributed by atoms with Crippen LogP contribution in [-0.2, 0) is 16.8 Å². The van der Waals surface area contributed by atoms with Gasteiger partial charge in [-0.2, -0.15) is 0 Å². The lowest BCUT2D eigenvalue weighted by atomic mass is 9.96. The van der Waals surface area contributed by atoms with Gasteiger partial charge in [-0.3, -0.25) is 9.78 Å². The fraction of sp³-hybridized carbons (Fsp3) is 0.294. The number of amides is 1. The highest BCUT2D eigenvalue weighted by Gasteiger charge is 2.23. The number of nitrogens with one attached hydrogen (secondary N) is 1. The zero-order valence-corrected chi connectivity index (χ0v) is 12.1. The minimum atomic E-state index is -1.06. The van der Waals surface area contributed by atoms with Gasteiger partial charge in [0.05, 0.1) is 6.54 Å². The van der Waals surface area contributed by atoms with Crippen molar-refractivity contribution in [2.75, 3.05) is 6.54 Å². The number of hydrogen-bond acceptors (Lipinski definition) is 3. The zero-order valence-electron chi connectivity index (χ0n) is 12.1. The Bertz CT molecular complexity index is 568. The van der Waals surface area contributed by atoms with E-state index in [0.717, 1.165) is 11.1 Å². The van der Waals surface area contributed by atoms with Crippen LogP contribution in [0.25, 0.3) is 0 Å². The smallest absolute Gasteiger partial charge is 0.220 e. The molecule has 0 saturated heterocycles. The molecule has 0 radical (unpaired) electrons. The van der Waals surface area contributed by atoms with Crippen LogP contribution >= 0.6 is 0 Å². The fourth-order valence-electron chi connectivity index (χ4n) is 2.07. The molecule has 4 heteroatoms. The fourth-order valence-corrected chi connectivity index (χ4v) is 2.07. The molecule has 0 saturated carbocycles. The number of rotatable bonds is 6. The van der Waals surface area contributed by atoms with E-state index in [-0.39, 0.29) is 12.5 Å². The lowest BCUT2D eigenvalue weighted by Gasteiger charge is -2.24. The molecule has 1 unspecified atom stereocenters. The Morgan fingerprint density at radius 1 is 1.19 bits per heavy atom. The standard InChI is InChI=1S/C17H20N2O2/c1-17(21,15-5-3-2-4-6-15)13-19-16(20)8-7-14-9-11-18-12-10-14/h2-6,9-12,21H,7-8,13H2,1H3,(H,19,20). The van der Waals surface area contributed by atoms with Gasteiger partial charge in [-0.1, -0.05) is 30.3 Å². The van der Waals surface area contributed by atoms with E-state index in [1.165, 1.54) is 0 Å². The molecule has 2 N–H and O–H groups in total. The van der Waals surface area contributed by atoms with Crippen LogP contribution in [0.1, 0.15) is 24.5 Å². The molecule has 1 atom stereocenters. The number of hydrogen-bond donors (Lipinski definition) is 2. The molecule has 110 valence electrons. The second-order valence-corrected chi connectivity index (χ2v) is 5.27. The first-order valence-electron chi connectivity index (χ1n) is 7.01. The predicted molar refractivity (Wildman–Crippen MR) is 81.6 cm³/mol. The highest BCUT2D eigenvalue weighted by atomic mass is 16.3. The maximum absolute atomic E-state index is 11.9. The number of pyridine rings is 1. The van der Waals surface area contributed by atoms with E-state index in [9.17, 15) is 9.90 Å². The van der Waals surface area contributed by atoms with Gasteiger partial charge >= 0.3 is 0 Å². The summed E-state index contributed by atoms with van der Waals surface area (Å²) in [7, 11) is 0. The van der Waals surface area contributed by atoms with Crippen LogP contribution in [0.5, 0.6) is 0 Å². The quantitative estimate of drug-likeness (QED) is 0.853. The first-order valence-corrected chi connectivity index (χ1v) is 7.01. The maximum atomic E-state index is 11.9. The summed E-state index contributed by atoms with van der Waals surface area (Å²) in [6.07, 6.45) is 4.50. The highest BCUT2D eigenvalue weighted by Crippen LogP contribution is 2.18. The van der Waals surface area contributed by atoms with Gasteiger partial charge < -0.3 is 10.4 Å². The molecule has 4 nitrogen and oxygen atoms in total. The number of aromatic nitrogens is 1. The van der Waals surface area contributed by atoms with Crippen LogP contribution in [0.3, 0.4) is 0 Å². The summed E-state index contributed by atoms with van der Waals surface area (Å²) >= 11 is 0. The van der Waals surface area contributed by atoms with Crippen LogP contribution in [0.15, 0.2) is 54.9 Å². The van der Waals surface area contributed by atoms with Gasteiger partial charge in [-0.25, -0.2) is 0 Å². The largest absolute Gasteiger partial charge is 0.384 e. The van der Waals surface area contributed by atoms with Gasteiger partial charge in [0.2, 0.25) is 5.91 Å². The van der Waals surface area contributed by atoms with Crippen LogP contribution in [0.4, 0.5) is 0 Å². The molecule has 1 aromatic heterocycles. The Morgan fingerprint density at radius 2 is 1.86 bits per heavy atom. The third-order valence-electron chi connectivity index (χ3n) is 3.42. The maximum Gasteiger partial charge on any atom is 0.220 e. The van der Waals surface area contributed by atoms with Crippen LogP contribution in [0, 0.1) is 0 Å². The van der Waals surface area contributed by atoms with Crippen molar-refractivity contribution < 1.29 is 9.90 Å². The van der Waals surface area contributed by atoms with E-state index < -0.39 is 5.60 Å². The van der Waals surface area contributed by atoms with Crippen molar-refractivity contribution >= 4 is 5.91 Å². The Labute approximate surface area is 124 Å². The Kier molecular flexibility index (Phi) is 5.06. The molecule has 0 aliphatic carbocycles. The lowest BCUT2D eigenvalue weighted by Crippen LogP contribution is -2.38. The van der Waals surface area contributed by atoms with Crippen molar-refractivity contribution in [3.05, 3.63) is 66.0 Å². The second-order valence-electron chi connectivity index (χ2n) is 5.27. The molecule has 0 spiro atoms. The summed E-state index contributed by atoms with van der Waals surface area (Å²) in [5.74, 6) is -0.0666. The summed E-state index contributed by atoms with van der Waals surface area (Å²) in [5, 5.41) is 13.2. The summed E-state index contributed by atoms with van der Waals surface area (Å²) in [6.45, 7) is 1.90. The van der Waals surface area contributed by atoms with Crippen molar-refractivity contribution in [1.82, 2.24) is 10.3 Å². The Balaban J connectivity index is 1.81. The third kappa shape index (κ3) is 4.68. The van der Waals surface area contributed by atoms with Crippen LogP contribution < -0.4 is 5.32 Å². The Morgan fingerprint density at radius 3 is 2.52 bits per heavy atom. The average molecular weight is 284 g/mol. The van der Waals surface area contributed by atoms with Gasteiger partial charge in [0.1, 0.15) is 5.60 Å². The van der Waals surface area contributed by atoms with Crippen molar-refractivity contribution in [1.29, 1.82) is 0 Å². The molecule has 0 aliphatic heterocycles. The molecule has 0 aliphatic rings. The number of carbonyl (C=O) groups is 1. The Hall–Kier alpha value is -2.20. The molecule has 2 aromatic rings. The minimum absolute atomic E-state index is 0.0666. The summed E-state index contributed by atoms with van der Waals surface area (Å²) in [6, 6.07) is 13.1. The van der Waals surface area contributed by atoms with Crippen molar-refractivity contribution in [2.24, 2.45) is 0 Å². The second kappa shape index (κ2) is 6.99. The molecule has 0 bridgehead atoms. The third-order valence-corrected chi connectivity index (χ3v) is 3.42. The van der Waals surface area contributed by atoms with E-state index >= 15 is 0 Å². The molecular formula is C17H20N2O2. The zero-order chi connectivity index (χ0) is 15.1. The van der Waals surface area contributed by atoms with Crippen molar-refractivity contribution in [3.8, 4) is 0 Å². The van der Waals surface area contributed by atoms with Crippen LogP contribution in [-0.4, -0.2) is 22.5 Å². The van der Waals surface area contributed by atoms with E-state index in [4.69, 9.17) is 0 Å². The van der Waals surface area contributed by atoms with E-state index in [0.29, 0.717) is 12.8 Å². The molecule has 1 heterocycles. The van der Waals surface area contributed by atoms with E-state index in [1.54, 1.807) is 19.3 Å². The van der Waals surface area contributed by atoms with Gasteiger partial charge in [0.25, 0.3) is 0 Å². The predicted octanol–water partition coefficient (Wildman–Crippen LogP) is 2.04. The molecule has 1 amide bonds. The molecular weight excluding hydrogens is 264 g/mol. The van der Waals surface area contributed by atoms with Gasteiger partial charge in [0, 0.05) is 18.8 Å². The summed E-state index contributed by atoms with van der Waals surface area (Å²) < 4.78 is 0. The topological polar surface area (TPSA) is 62.2 Å². The van der Waals surface area contributed by atoms with E-state index in [2.05, 4.69) is 10.3 Å². The number of nitrogens with zero attached hydrogens (tertiary/aromatic N) is 1. The van der Waals surface area contributed by atoms with Crippen LogP contribution in [0.2, 0.25) is 0 Å². The number of carbonyl (C=O) groups excluding carboxylic acids is 1. The van der Waals surface area contributed by atoms with E-state index in [1.807, 2.05) is 42.5 Å². The number of benzene rings is 1. The lowest BCUT2D eigenvalue weighted by molar-refractivity contribution is -0.122. The molecule has 0 fully saturated rings. The normalized spacial score (nSPS) is 13.4. The average Bonchev–Trinajstić information content (AvgIpc) is 2.53. The number of aliphatic hydroxyl groups is 1. The van der Waals surface area contributed by atoms with Gasteiger partial charge in [-0.05, 0) is 36.6 Å². The molecule has 1 aromatic carbocycles. The first kappa shape index (κ1) is 15.2. The van der Waals surface area contributed by atoms with Crippen molar-refractivity contribution in [3.63, 3.8) is 0 Å². The summed E-state index contributed by atoms with van der Waals surface area (Å²) in [4.78, 5) is 15.8. The summed E-state index contributed by atoms with van der Waals surface area (Å²) in [5.41, 5.74) is 0.808. The molecule has 2 rings (SSSR count). The minimum Gasteiger partial charge on any atom is -0.384 e. The highest BCUT2D eigenvalue weighted by molar-refractivity contribution is 5.76. The van der Waals surface area contributed by atoms with Crippen molar-refractivity contribution in [2.45, 2.75) is 25.4 Å². The van der Waals surface area contributed by atoms with Gasteiger partial charge in [-0.15, -0.1) is 0 Å². The van der Waals surface area contributed by atoms with Gasteiger partial charge in [0.15, 0.2) is 0 Å². The molecule has 21 heavy (non-hydrogen) atoms. The first-order chi connectivity index (χ1) is 10.1. The monoisotopic (exact) mass is 284 g/mol. The number of aryl methyl sites for hydroxylation is 1.